The van der Waals surface area contributed by atoms with Crippen LogP contribution in [0.2, 0.25) is 5.02 Å². The van der Waals surface area contributed by atoms with Crippen molar-refractivity contribution in [3.8, 4) is 5.75 Å². The lowest BCUT2D eigenvalue weighted by atomic mass is 9.80. The second-order valence-electron chi connectivity index (χ2n) is 9.39. The highest BCUT2D eigenvalue weighted by Crippen LogP contribution is 2.37. The lowest BCUT2D eigenvalue weighted by Crippen LogP contribution is -2.21. The van der Waals surface area contributed by atoms with Gasteiger partial charge in [0.05, 0.1) is 29.4 Å². The minimum absolute atomic E-state index is 0.112. The van der Waals surface area contributed by atoms with Gasteiger partial charge in [-0.3, -0.25) is 14.2 Å². The summed E-state index contributed by atoms with van der Waals surface area (Å²) in [6.07, 6.45) is 8.52. The molecule has 172 valence electrons. The molecule has 8 heteroatoms. The number of halogens is 1. The lowest BCUT2D eigenvalue weighted by Gasteiger charge is -2.30. The van der Waals surface area contributed by atoms with E-state index in [1.807, 2.05) is 26.0 Å². The maximum atomic E-state index is 12.9. The first kappa shape index (κ1) is 22.6. The van der Waals surface area contributed by atoms with Gasteiger partial charge in [-0.1, -0.05) is 25.4 Å². The molecule has 1 saturated carbocycles. The van der Waals surface area contributed by atoms with Crippen molar-refractivity contribution in [2.75, 3.05) is 12.4 Å². The zero-order chi connectivity index (χ0) is 23.0. The molecule has 1 aliphatic rings. The summed E-state index contributed by atoms with van der Waals surface area (Å²) in [5.74, 6) is 1.73. The Morgan fingerprint density at radius 3 is 2.44 bits per heavy atom. The minimum atomic E-state index is -0.369. The van der Waals surface area contributed by atoms with Crippen molar-refractivity contribution in [1.29, 1.82) is 0 Å². The number of methoxy groups -OCH3 is 1. The van der Waals surface area contributed by atoms with Crippen molar-refractivity contribution >= 4 is 34.1 Å². The number of amides is 1. The molecule has 0 radical (unpaired) electrons. The van der Waals surface area contributed by atoms with E-state index in [4.69, 9.17) is 21.4 Å². The minimum Gasteiger partial charge on any atom is -0.494 e. The maximum Gasteiger partial charge on any atom is 0.277 e. The Balaban J connectivity index is 1.57. The molecule has 32 heavy (non-hydrogen) atoms. The zero-order valence-corrected chi connectivity index (χ0v) is 20.2. The number of carbonyl (C=O) groups is 1. The molecule has 3 aromatic rings. The van der Waals surface area contributed by atoms with Crippen molar-refractivity contribution < 1.29 is 9.53 Å². The van der Waals surface area contributed by atoms with Crippen molar-refractivity contribution in [3.05, 3.63) is 35.2 Å². The molecule has 0 saturated heterocycles. The van der Waals surface area contributed by atoms with E-state index >= 15 is 0 Å². The molecule has 0 spiro atoms. The van der Waals surface area contributed by atoms with Crippen LogP contribution >= 0.6 is 11.6 Å². The fourth-order valence-corrected chi connectivity index (χ4v) is 4.75. The van der Waals surface area contributed by atoms with Gasteiger partial charge in [0.15, 0.2) is 5.69 Å². The van der Waals surface area contributed by atoms with Crippen LogP contribution in [0.1, 0.15) is 76.0 Å². The van der Waals surface area contributed by atoms with E-state index in [-0.39, 0.29) is 17.6 Å². The fraction of sp³-hybridized carbons (Fsp3) is 0.542. The number of nitrogens with zero attached hydrogens (tertiary/aromatic N) is 4. The average Bonchev–Trinajstić information content (AvgIpc) is 3.36. The number of nitrogens with one attached hydrogen (secondary N) is 1. The predicted molar refractivity (Wildman–Crippen MR) is 128 cm³/mol. The number of rotatable bonds is 6. The third-order valence-corrected chi connectivity index (χ3v) is 6.86. The molecule has 2 heterocycles. The first-order valence-electron chi connectivity index (χ1n) is 11.4. The van der Waals surface area contributed by atoms with Crippen molar-refractivity contribution in [2.24, 2.45) is 11.8 Å². The Labute approximate surface area is 194 Å². The summed E-state index contributed by atoms with van der Waals surface area (Å²) in [5, 5.41) is 13.3. The normalized spacial score (nSPS) is 19.1. The van der Waals surface area contributed by atoms with Gasteiger partial charge in [-0.05, 0) is 57.4 Å². The second-order valence-corrected chi connectivity index (χ2v) is 9.79. The largest absolute Gasteiger partial charge is 0.494 e. The molecule has 4 rings (SSSR count). The molecule has 0 unspecified atom stereocenters. The zero-order valence-electron chi connectivity index (χ0n) is 19.4. The van der Waals surface area contributed by atoms with Crippen molar-refractivity contribution in [1.82, 2.24) is 19.6 Å². The summed E-state index contributed by atoms with van der Waals surface area (Å²) in [7, 11) is 1.58. The lowest BCUT2D eigenvalue weighted by molar-refractivity contribution is 0.102. The molecule has 1 aromatic carbocycles. The first-order chi connectivity index (χ1) is 15.3. The Kier molecular flexibility index (Phi) is 6.47. The highest BCUT2D eigenvalue weighted by atomic mass is 35.5. The van der Waals surface area contributed by atoms with Crippen LogP contribution in [0.25, 0.3) is 10.9 Å². The van der Waals surface area contributed by atoms with E-state index in [9.17, 15) is 4.79 Å². The van der Waals surface area contributed by atoms with Crippen LogP contribution in [0.3, 0.4) is 0 Å². The van der Waals surface area contributed by atoms with Gasteiger partial charge in [0.2, 0.25) is 0 Å². The Morgan fingerprint density at radius 1 is 1.12 bits per heavy atom. The molecule has 1 fully saturated rings. The van der Waals surface area contributed by atoms with Crippen molar-refractivity contribution in [3.63, 3.8) is 0 Å². The van der Waals surface area contributed by atoms with Crippen LogP contribution in [0.15, 0.2) is 24.5 Å². The van der Waals surface area contributed by atoms with Gasteiger partial charge in [0.25, 0.3) is 5.91 Å². The van der Waals surface area contributed by atoms with Gasteiger partial charge in [-0.2, -0.15) is 10.2 Å². The van der Waals surface area contributed by atoms with E-state index in [0.29, 0.717) is 22.5 Å². The van der Waals surface area contributed by atoms with E-state index in [2.05, 4.69) is 35.1 Å². The van der Waals surface area contributed by atoms with E-state index < -0.39 is 0 Å². The number of ether oxygens (including phenoxy) is 1. The third-order valence-electron chi connectivity index (χ3n) is 6.58. The number of fused-ring (bicyclic) bond motifs is 1. The molecule has 7 nitrogen and oxygen atoms in total. The molecule has 1 amide bonds. The van der Waals surface area contributed by atoms with E-state index in [0.717, 1.165) is 35.6 Å². The molecule has 0 atom stereocenters. The molecule has 2 aromatic heterocycles. The molecular formula is C24H32ClN5O2. The highest BCUT2D eigenvalue weighted by Gasteiger charge is 2.25. The van der Waals surface area contributed by atoms with Crippen LogP contribution in [-0.2, 0) is 0 Å². The van der Waals surface area contributed by atoms with Gasteiger partial charge in [0.1, 0.15) is 5.75 Å². The van der Waals surface area contributed by atoms with Crippen LogP contribution in [0.5, 0.6) is 5.75 Å². The maximum absolute atomic E-state index is 12.9. The Morgan fingerprint density at radius 2 is 1.84 bits per heavy atom. The topological polar surface area (TPSA) is 74.0 Å². The fourth-order valence-electron chi connectivity index (χ4n) is 4.53. The monoisotopic (exact) mass is 457 g/mol. The van der Waals surface area contributed by atoms with Crippen LogP contribution < -0.4 is 10.1 Å². The quantitative estimate of drug-likeness (QED) is 0.484. The van der Waals surface area contributed by atoms with Gasteiger partial charge in [-0.15, -0.1) is 0 Å². The molecule has 1 aliphatic carbocycles. The Hall–Kier alpha value is -2.54. The smallest absolute Gasteiger partial charge is 0.277 e. The average molecular weight is 458 g/mol. The number of anilines is 1. The van der Waals surface area contributed by atoms with Crippen molar-refractivity contribution in [2.45, 2.75) is 65.5 Å². The van der Waals surface area contributed by atoms with Crippen LogP contribution in [0, 0.1) is 11.8 Å². The van der Waals surface area contributed by atoms with Crippen LogP contribution in [0.4, 0.5) is 5.69 Å². The number of hydrogen-bond acceptors (Lipinski definition) is 4. The molecule has 0 bridgehead atoms. The first-order valence-corrected chi connectivity index (χ1v) is 11.8. The molecular weight excluding hydrogens is 426 g/mol. The SMILES string of the molecule is COc1cc2nn(C3CCC(C(C)C)CC3)cc2cc1NC(=O)c1nn(C(C)C)cc1Cl. The van der Waals surface area contributed by atoms with Crippen LogP contribution in [-0.4, -0.2) is 32.6 Å². The van der Waals surface area contributed by atoms with E-state index in [1.54, 1.807) is 18.0 Å². The highest BCUT2D eigenvalue weighted by molar-refractivity contribution is 6.34. The van der Waals surface area contributed by atoms with Gasteiger partial charge >= 0.3 is 0 Å². The molecule has 0 aliphatic heterocycles. The summed E-state index contributed by atoms with van der Waals surface area (Å²) < 4.78 is 9.30. The van der Waals surface area contributed by atoms with Gasteiger partial charge in [0, 0.05) is 29.9 Å². The summed E-state index contributed by atoms with van der Waals surface area (Å²) >= 11 is 6.25. The number of aromatic nitrogens is 4. The number of carbonyl (C=O) groups excluding carboxylic acids is 1. The van der Waals surface area contributed by atoms with Gasteiger partial charge in [-0.25, -0.2) is 0 Å². The summed E-state index contributed by atoms with van der Waals surface area (Å²) in [4.78, 5) is 12.9. The standard InChI is InChI=1S/C24H32ClN5O2/c1-14(2)16-6-8-18(9-7-16)30-12-17-10-21(22(32-5)11-20(17)27-30)26-24(31)23-19(25)13-29(28-23)15(3)4/h10-16,18H,6-9H2,1-5H3,(H,26,31). The number of benzene rings is 1. The summed E-state index contributed by atoms with van der Waals surface area (Å²) in [6.45, 7) is 8.59. The Bertz CT molecular complexity index is 1110. The van der Waals surface area contributed by atoms with E-state index in [1.165, 1.54) is 12.8 Å². The molecule has 1 N–H and O–H groups in total. The third kappa shape index (κ3) is 4.49. The van der Waals surface area contributed by atoms with Gasteiger partial charge < -0.3 is 10.1 Å². The summed E-state index contributed by atoms with van der Waals surface area (Å²) in [5.41, 5.74) is 1.62. The predicted octanol–water partition coefficient (Wildman–Crippen LogP) is 6.12. The summed E-state index contributed by atoms with van der Waals surface area (Å²) in [6, 6.07) is 4.31. The second kappa shape index (κ2) is 9.14. The number of hydrogen-bond donors (Lipinski definition) is 1.